The van der Waals surface area contributed by atoms with E-state index < -0.39 is 5.97 Å². The fourth-order valence-electron chi connectivity index (χ4n) is 1.80. The maximum Gasteiger partial charge on any atom is 0.325 e. The molecule has 0 spiro atoms. The summed E-state index contributed by atoms with van der Waals surface area (Å²) in [5, 5.41) is 5.39. The second kappa shape index (κ2) is 8.83. The van der Waals surface area contributed by atoms with Crippen molar-refractivity contribution in [3.8, 4) is 5.75 Å². The van der Waals surface area contributed by atoms with Gasteiger partial charge in [-0.3, -0.25) is 9.59 Å². The Morgan fingerprint density at radius 3 is 2.92 bits per heavy atom. The lowest BCUT2D eigenvalue weighted by molar-refractivity contribution is -0.140. The third-order valence-corrected chi connectivity index (χ3v) is 3.80. The molecule has 6 nitrogen and oxygen atoms in total. The average molecular weight is 346 g/mol. The molecule has 0 saturated heterocycles. The number of benzene rings is 1. The number of rotatable bonds is 7. The molecule has 1 aromatic heterocycles. The first-order valence-corrected chi connectivity index (χ1v) is 8.11. The van der Waals surface area contributed by atoms with Crippen LogP contribution in [0.2, 0.25) is 0 Å². The largest absolute Gasteiger partial charge is 0.487 e. The van der Waals surface area contributed by atoms with Crippen molar-refractivity contribution in [2.45, 2.75) is 13.5 Å². The minimum atomic E-state index is -0.496. The van der Waals surface area contributed by atoms with Crippen molar-refractivity contribution in [2.24, 2.45) is 0 Å². The first-order chi connectivity index (χ1) is 11.6. The van der Waals surface area contributed by atoms with Gasteiger partial charge in [0.2, 0.25) is 5.91 Å². The van der Waals surface area contributed by atoms with Gasteiger partial charge < -0.3 is 14.8 Å². The zero-order chi connectivity index (χ0) is 17.4. The van der Waals surface area contributed by atoms with E-state index in [1.165, 1.54) is 13.2 Å². The first-order valence-electron chi connectivity index (χ1n) is 7.23. The molecule has 0 fully saturated rings. The fraction of sp³-hybridized carbons (Fsp3) is 0.235. The van der Waals surface area contributed by atoms with E-state index in [0.717, 1.165) is 16.3 Å². The number of methoxy groups -OCH3 is 1. The molecule has 2 rings (SSSR count). The zero-order valence-electron chi connectivity index (χ0n) is 13.4. The van der Waals surface area contributed by atoms with E-state index >= 15 is 0 Å². The number of aromatic nitrogens is 1. The Hall–Kier alpha value is -2.67. The van der Waals surface area contributed by atoms with Crippen molar-refractivity contribution in [3.05, 3.63) is 52.0 Å². The van der Waals surface area contributed by atoms with E-state index in [9.17, 15) is 9.59 Å². The van der Waals surface area contributed by atoms with Gasteiger partial charge in [-0.15, -0.1) is 11.3 Å². The van der Waals surface area contributed by atoms with Crippen LogP contribution >= 0.6 is 11.3 Å². The van der Waals surface area contributed by atoms with Crippen LogP contribution in [0.25, 0.3) is 6.08 Å². The maximum absolute atomic E-state index is 11.6. The third kappa shape index (κ3) is 5.85. The molecule has 7 heteroatoms. The molecule has 0 atom stereocenters. The van der Waals surface area contributed by atoms with Crippen molar-refractivity contribution in [1.29, 1.82) is 0 Å². The Balaban J connectivity index is 1.88. The number of nitrogens with one attached hydrogen (secondary N) is 1. The number of thiazole rings is 1. The highest BCUT2D eigenvalue weighted by atomic mass is 32.1. The van der Waals surface area contributed by atoms with E-state index in [1.54, 1.807) is 17.4 Å². The molecule has 0 saturated carbocycles. The van der Waals surface area contributed by atoms with E-state index in [-0.39, 0.29) is 12.5 Å². The number of carbonyl (C=O) groups is 2. The number of amides is 1. The van der Waals surface area contributed by atoms with Crippen LogP contribution in [0, 0.1) is 6.92 Å². The van der Waals surface area contributed by atoms with Gasteiger partial charge in [0, 0.05) is 11.5 Å². The van der Waals surface area contributed by atoms with Gasteiger partial charge in [0.1, 0.15) is 18.9 Å². The summed E-state index contributed by atoms with van der Waals surface area (Å²) in [6.45, 7) is 2.19. The van der Waals surface area contributed by atoms with E-state index in [2.05, 4.69) is 15.0 Å². The van der Waals surface area contributed by atoms with Crippen LogP contribution in [0.1, 0.15) is 16.3 Å². The van der Waals surface area contributed by atoms with Crippen LogP contribution in [-0.2, 0) is 20.9 Å². The molecule has 0 aliphatic carbocycles. The van der Waals surface area contributed by atoms with E-state index in [0.29, 0.717) is 12.4 Å². The van der Waals surface area contributed by atoms with Gasteiger partial charge in [-0.1, -0.05) is 12.1 Å². The van der Waals surface area contributed by atoms with Gasteiger partial charge in [-0.25, -0.2) is 4.98 Å². The van der Waals surface area contributed by atoms with Crippen LogP contribution < -0.4 is 10.1 Å². The highest BCUT2D eigenvalue weighted by Crippen LogP contribution is 2.17. The van der Waals surface area contributed by atoms with E-state index in [4.69, 9.17) is 4.74 Å². The van der Waals surface area contributed by atoms with Crippen molar-refractivity contribution in [3.63, 3.8) is 0 Å². The lowest BCUT2D eigenvalue weighted by atomic mass is 10.2. The van der Waals surface area contributed by atoms with Crippen LogP contribution in [0.3, 0.4) is 0 Å². The molecule has 2 aromatic rings. The van der Waals surface area contributed by atoms with Crippen molar-refractivity contribution < 1.29 is 19.1 Å². The molecule has 0 radical (unpaired) electrons. The SMILES string of the molecule is COC(=O)CNC(=O)C=Cc1cccc(OCc2csc(C)n2)c1. The number of carbonyl (C=O) groups excluding carboxylic acids is 2. The molecule has 126 valence electrons. The van der Waals surface area contributed by atoms with Gasteiger partial charge in [0.15, 0.2) is 0 Å². The molecule has 1 amide bonds. The predicted molar refractivity (Wildman–Crippen MR) is 91.7 cm³/mol. The van der Waals surface area contributed by atoms with Crippen LogP contribution in [0.15, 0.2) is 35.7 Å². The highest BCUT2D eigenvalue weighted by molar-refractivity contribution is 7.09. The normalized spacial score (nSPS) is 10.6. The number of ether oxygens (including phenoxy) is 2. The number of aryl methyl sites for hydroxylation is 1. The fourth-order valence-corrected chi connectivity index (χ4v) is 2.40. The topological polar surface area (TPSA) is 77.5 Å². The van der Waals surface area contributed by atoms with Crippen molar-refractivity contribution in [2.75, 3.05) is 13.7 Å². The highest BCUT2D eigenvalue weighted by Gasteiger charge is 2.03. The van der Waals surface area contributed by atoms with Gasteiger partial charge in [-0.05, 0) is 30.7 Å². The maximum atomic E-state index is 11.6. The summed E-state index contributed by atoms with van der Waals surface area (Å²) in [5.41, 5.74) is 1.70. The molecular formula is C17H18N2O4S. The lowest BCUT2D eigenvalue weighted by Gasteiger charge is -2.05. The summed E-state index contributed by atoms with van der Waals surface area (Å²) >= 11 is 1.58. The predicted octanol–water partition coefficient (Wildman–Crippen LogP) is 2.33. The smallest absolute Gasteiger partial charge is 0.325 e. The first kappa shape index (κ1) is 17.7. The minimum Gasteiger partial charge on any atom is -0.487 e. The molecule has 0 aliphatic rings. The van der Waals surface area contributed by atoms with Crippen molar-refractivity contribution in [1.82, 2.24) is 10.3 Å². The molecule has 24 heavy (non-hydrogen) atoms. The molecule has 1 heterocycles. The van der Waals surface area contributed by atoms with Crippen molar-refractivity contribution >= 4 is 29.3 Å². The van der Waals surface area contributed by atoms with Gasteiger partial charge >= 0.3 is 5.97 Å². The summed E-state index contributed by atoms with van der Waals surface area (Å²) < 4.78 is 10.1. The molecule has 0 bridgehead atoms. The summed E-state index contributed by atoms with van der Waals surface area (Å²) in [5.74, 6) is -0.174. The monoisotopic (exact) mass is 346 g/mol. The van der Waals surface area contributed by atoms with E-state index in [1.807, 2.05) is 36.6 Å². The zero-order valence-corrected chi connectivity index (χ0v) is 14.3. The number of hydrogen-bond donors (Lipinski definition) is 1. The number of hydrogen-bond acceptors (Lipinski definition) is 6. The summed E-state index contributed by atoms with van der Waals surface area (Å²) in [7, 11) is 1.27. The molecule has 1 N–H and O–H groups in total. The average Bonchev–Trinajstić information content (AvgIpc) is 3.01. The second-order valence-electron chi connectivity index (χ2n) is 4.85. The quantitative estimate of drug-likeness (QED) is 0.615. The minimum absolute atomic E-state index is 0.157. The number of esters is 1. The molecule has 1 aromatic carbocycles. The summed E-state index contributed by atoms with van der Waals surface area (Å²) in [6, 6.07) is 7.36. The second-order valence-corrected chi connectivity index (χ2v) is 5.91. The summed E-state index contributed by atoms with van der Waals surface area (Å²) in [6.07, 6.45) is 3.00. The Morgan fingerprint density at radius 2 is 2.21 bits per heavy atom. The lowest BCUT2D eigenvalue weighted by Crippen LogP contribution is -2.28. The van der Waals surface area contributed by atoms with Gasteiger partial charge in [0.05, 0.1) is 17.8 Å². The Labute approximate surface area is 144 Å². The Morgan fingerprint density at radius 1 is 1.38 bits per heavy atom. The molecular weight excluding hydrogens is 328 g/mol. The number of nitrogens with zero attached hydrogens (tertiary/aromatic N) is 1. The standard InChI is InChI=1S/C17H18N2O4S/c1-12-19-14(11-24-12)10-23-15-5-3-4-13(8-15)6-7-16(20)18-9-17(21)22-2/h3-8,11H,9-10H2,1-2H3,(H,18,20). The Kier molecular flexibility index (Phi) is 6.51. The Bertz CT molecular complexity index is 740. The van der Waals surface area contributed by atoms with Gasteiger partial charge in [-0.2, -0.15) is 0 Å². The summed E-state index contributed by atoms with van der Waals surface area (Å²) in [4.78, 5) is 26.9. The van der Waals surface area contributed by atoms with Crippen LogP contribution in [-0.4, -0.2) is 30.5 Å². The molecule has 0 aliphatic heterocycles. The van der Waals surface area contributed by atoms with Gasteiger partial charge in [0.25, 0.3) is 0 Å². The third-order valence-electron chi connectivity index (χ3n) is 2.97. The van der Waals surface area contributed by atoms with Crippen LogP contribution in [0.4, 0.5) is 0 Å². The molecule has 0 unspecified atom stereocenters. The van der Waals surface area contributed by atoms with Crippen LogP contribution in [0.5, 0.6) is 5.75 Å².